The number of carboxylic acid groups (broad SMARTS) is 1. The summed E-state index contributed by atoms with van der Waals surface area (Å²) < 4.78 is 10.9. The van der Waals surface area contributed by atoms with Crippen LogP contribution in [0.2, 0.25) is 0 Å². The molecule has 0 aliphatic carbocycles. The molecular weight excluding hydrogens is 338 g/mol. The summed E-state index contributed by atoms with van der Waals surface area (Å²) in [5.41, 5.74) is 13.5. The fourth-order valence-electron chi connectivity index (χ4n) is 2.38. The van der Waals surface area contributed by atoms with Crippen LogP contribution in [-0.2, 0) is 13.0 Å². The summed E-state index contributed by atoms with van der Waals surface area (Å²) in [5, 5.41) is 12.9. The van der Waals surface area contributed by atoms with Crippen LogP contribution in [0, 0.1) is 0 Å². The molecular formula is C17H17N5O4. The third-order valence-electron chi connectivity index (χ3n) is 3.66. The van der Waals surface area contributed by atoms with Gasteiger partial charge in [0.25, 0.3) is 0 Å². The zero-order valence-corrected chi connectivity index (χ0v) is 14.0. The van der Waals surface area contributed by atoms with Crippen molar-refractivity contribution in [2.45, 2.75) is 20.0 Å². The van der Waals surface area contributed by atoms with Gasteiger partial charge in [-0.15, -0.1) is 0 Å². The Morgan fingerprint density at radius 2 is 1.96 bits per heavy atom. The van der Waals surface area contributed by atoms with E-state index in [1.807, 2.05) is 6.92 Å². The van der Waals surface area contributed by atoms with E-state index in [0.717, 1.165) is 5.56 Å². The second-order valence-corrected chi connectivity index (χ2v) is 5.45. The monoisotopic (exact) mass is 355 g/mol. The lowest BCUT2D eigenvalue weighted by molar-refractivity contribution is 0.0697. The van der Waals surface area contributed by atoms with Gasteiger partial charge in [-0.2, -0.15) is 4.98 Å². The molecule has 3 aromatic rings. The van der Waals surface area contributed by atoms with E-state index < -0.39 is 5.97 Å². The van der Waals surface area contributed by atoms with E-state index in [1.54, 1.807) is 18.2 Å². The first-order valence-corrected chi connectivity index (χ1v) is 7.82. The molecule has 2 heterocycles. The lowest BCUT2D eigenvalue weighted by Gasteiger charge is -2.10. The summed E-state index contributed by atoms with van der Waals surface area (Å²) in [6.45, 7) is 1.99. The number of aromatic nitrogens is 3. The number of nitrogens with zero attached hydrogens (tertiary/aromatic N) is 3. The predicted molar refractivity (Wildman–Crippen MR) is 93.5 cm³/mol. The number of carbonyl (C=O) groups is 1. The molecule has 9 heteroatoms. The van der Waals surface area contributed by atoms with E-state index in [-0.39, 0.29) is 23.9 Å². The molecule has 0 aliphatic rings. The highest BCUT2D eigenvalue weighted by atomic mass is 16.5. The van der Waals surface area contributed by atoms with Crippen molar-refractivity contribution < 1.29 is 19.2 Å². The van der Waals surface area contributed by atoms with Gasteiger partial charge >= 0.3 is 5.97 Å². The van der Waals surface area contributed by atoms with Crippen LogP contribution in [0.4, 0.5) is 11.8 Å². The van der Waals surface area contributed by atoms with Crippen molar-refractivity contribution in [3.63, 3.8) is 0 Å². The molecule has 0 saturated heterocycles. The van der Waals surface area contributed by atoms with Gasteiger partial charge in [-0.3, -0.25) is 0 Å². The SMILES string of the molecule is CCc1nc(N)nc(N)c1OCc1cc(-c2ccc(C(=O)O)cc2)no1. The zero-order valence-electron chi connectivity index (χ0n) is 14.0. The predicted octanol–water partition coefficient (Wildman–Crippen LogP) is 2.14. The topological polar surface area (TPSA) is 150 Å². The van der Waals surface area contributed by atoms with Crippen molar-refractivity contribution in [3.8, 4) is 17.0 Å². The number of nitrogens with two attached hydrogens (primary N) is 2. The first-order valence-electron chi connectivity index (χ1n) is 7.82. The maximum Gasteiger partial charge on any atom is 0.335 e. The molecule has 0 spiro atoms. The minimum atomic E-state index is -0.985. The van der Waals surface area contributed by atoms with Crippen LogP contribution < -0.4 is 16.2 Å². The van der Waals surface area contributed by atoms with Gasteiger partial charge in [0, 0.05) is 11.6 Å². The maximum atomic E-state index is 10.9. The third-order valence-corrected chi connectivity index (χ3v) is 3.66. The number of carboxylic acids is 1. The van der Waals surface area contributed by atoms with Crippen molar-refractivity contribution in [1.82, 2.24) is 15.1 Å². The second kappa shape index (κ2) is 7.09. The molecule has 0 atom stereocenters. The Morgan fingerprint density at radius 3 is 2.62 bits per heavy atom. The van der Waals surface area contributed by atoms with E-state index in [2.05, 4.69) is 15.1 Å². The Morgan fingerprint density at radius 1 is 1.23 bits per heavy atom. The number of nitrogen functional groups attached to an aromatic ring is 2. The second-order valence-electron chi connectivity index (χ2n) is 5.45. The summed E-state index contributed by atoms with van der Waals surface area (Å²) in [6.07, 6.45) is 0.587. The first-order chi connectivity index (χ1) is 12.5. The Kier molecular flexibility index (Phi) is 4.70. The molecule has 0 aliphatic heterocycles. The molecule has 0 bridgehead atoms. The van der Waals surface area contributed by atoms with Crippen molar-refractivity contribution in [3.05, 3.63) is 47.3 Å². The fourth-order valence-corrected chi connectivity index (χ4v) is 2.38. The first kappa shape index (κ1) is 17.2. The van der Waals surface area contributed by atoms with Gasteiger partial charge < -0.3 is 25.8 Å². The van der Waals surface area contributed by atoms with E-state index in [0.29, 0.717) is 29.3 Å². The summed E-state index contributed by atoms with van der Waals surface area (Å²) >= 11 is 0. The number of hydrogen-bond acceptors (Lipinski definition) is 8. The fraction of sp³-hybridized carbons (Fsp3) is 0.176. The number of ether oxygens (including phenoxy) is 1. The summed E-state index contributed by atoms with van der Waals surface area (Å²) in [7, 11) is 0. The van der Waals surface area contributed by atoms with Crippen LogP contribution in [0.15, 0.2) is 34.9 Å². The van der Waals surface area contributed by atoms with E-state index in [9.17, 15) is 4.79 Å². The molecule has 2 aromatic heterocycles. The quantitative estimate of drug-likeness (QED) is 0.604. The molecule has 0 unspecified atom stereocenters. The number of benzene rings is 1. The summed E-state index contributed by atoms with van der Waals surface area (Å²) in [5.74, 6) is 0.115. The highest BCUT2D eigenvalue weighted by Gasteiger charge is 2.14. The molecule has 0 amide bonds. The minimum absolute atomic E-state index is 0.0880. The molecule has 0 saturated carbocycles. The number of aromatic carboxylic acids is 1. The van der Waals surface area contributed by atoms with E-state index >= 15 is 0 Å². The molecule has 9 nitrogen and oxygen atoms in total. The Balaban J connectivity index is 1.74. The van der Waals surface area contributed by atoms with Crippen LogP contribution in [0.1, 0.15) is 28.7 Å². The van der Waals surface area contributed by atoms with Crippen molar-refractivity contribution >= 4 is 17.7 Å². The third kappa shape index (κ3) is 3.56. The van der Waals surface area contributed by atoms with Gasteiger partial charge in [-0.05, 0) is 18.6 Å². The summed E-state index contributed by atoms with van der Waals surface area (Å²) in [6, 6.07) is 8.03. The van der Waals surface area contributed by atoms with Crippen LogP contribution in [0.3, 0.4) is 0 Å². The number of aryl methyl sites for hydroxylation is 1. The lowest BCUT2D eigenvalue weighted by atomic mass is 10.1. The van der Waals surface area contributed by atoms with Crippen LogP contribution in [-0.4, -0.2) is 26.2 Å². The highest BCUT2D eigenvalue weighted by Crippen LogP contribution is 2.26. The Labute approximate surface area is 148 Å². The van der Waals surface area contributed by atoms with Gasteiger partial charge in [-0.1, -0.05) is 24.2 Å². The molecule has 0 fully saturated rings. The lowest BCUT2D eigenvalue weighted by Crippen LogP contribution is -2.08. The van der Waals surface area contributed by atoms with Gasteiger partial charge in [-0.25, -0.2) is 9.78 Å². The largest absolute Gasteiger partial charge is 0.480 e. The van der Waals surface area contributed by atoms with Gasteiger partial charge in [0.2, 0.25) is 5.95 Å². The highest BCUT2D eigenvalue weighted by molar-refractivity contribution is 5.88. The maximum absolute atomic E-state index is 10.9. The van der Waals surface area contributed by atoms with Crippen molar-refractivity contribution in [2.24, 2.45) is 0 Å². The van der Waals surface area contributed by atoms with Crippen LogP contribution >= 0.6 is 0 Å². The molecule has 26 heavy (non-hydrogen) atoms. The van der Waals surface area contributed by atoms with Crippen molar-refractivity contribution in [1.29, 1.82) is 0 Å². The number of rotatable bonds is 6. The molecule has 3 rings (SSSR count). The normalized spacial score (nSPS) is 10.7. The van der Waals surface area contributed by atoms with E-state index in [1.165, 1.54) is 12.1 Å². The van der Waals surface area contributed by atoms with E-state index in [4.69, 9.17) is 25.8 Å². The average molecular weight is 355 g/mol. The van der Waals surface area contributed by atoms with Gasteiger partial charge in [0.05, 0.1) is 11.3 Å². The zero-order chi connectivity index (χ0) is 18.7. The van der Waals surface area contributed by atoms with Crippen LogP contribution in [0.5, 0.6) is 5.75 Å². The number of hydrogen-bond donors (Lipinski definition) is 3. The Bertz CT molecular complexity index is 937. The number of anilines is 2. The molecule has 1 aromatic carbocycles. The van der Waals surface area contributed by atoms with Crippen molar-refractivity contribution in [2.75, 3.05) is 11.5 Å². The Hall–Kier alpha value is -3.62. The minimum Gasteiger partial charge on any atom is -0.480 e. The van der Waals surface area contributed by atoms with Gasteiger partial charge in [0.1, 0.15) is 12.3 Å². The molecule has 0 radical (unpaired) electrons. The molecule has 134 valence electrons. The van der Waals surface area contributed by atoms with Crippen LogP contribution in [0.25, 0.3) is 11.3 Å². The summed E-state index contributed by atoms with van der Waals surface area (Å²) in [4.78, 5) is 18.9. The van der Waals surface area contributed by atoms with Gasteiger partial charge in [0.15, 0.2) is 17.3 Å². The smallest absolute Gasteiger partial charge is 0.335 e. The average Bonchev–Trinajstić information content (AvgIpc) is 3.09. The standard InChI is InChI=1S/C17H17N5O4/c1-2-12-14(15(18)21-17(19)20-12)25-8-11-7-13(22-26-11)9-3-5-10(6-4-9)16(23)24/h3-7H,2,8H2,1H3,(H,23,24)(H4,18,19,20,21). The molecule has 5 N–H and O–H groups in total.